The number of aromatic nitrogens is 1. The third kappa shape index (κ3) is 4.01. The number of hydrogen-bond donors (Lipinski definition) is 2. The molecule has 7 nitrogen and oxygen atoms in total. The molecule has 2 N–H and O–H groups in total. The molecule has 0 saturated heterocycles. The summed E-state index contributed by atoms with van der Waals surface area (Å²) in [4.78, 5) is 25.9. The van der Waals surface area contributed by atoms with Crippen LogP contribution in [0.5, 0.6) is 0 Å². The van der Waals surface area contributed by atoms with Crippen molar-refractivity contribution < 1.29 is 17.9 Å². The van der Waals surface area contributed by atoms with Gasteiger partial charge in [0.1, 0.15) is 0 Å². The van der Waals surface area contributed by atoms with Crippen molar-refractivity contribution in [3.63, 3.8) is 0 Å². The SMILES string of the molecule is CCOC(=O)c1ccc(NS(=O)(=O)c2ccc3[nH]c(=O)cc(C)c3c2)cc1. The maximum Gasteiger partial charge on any atom is 0.338 e. The lowest BCUT2D eigenvalue weighted by Gasteiger charge is -2.10. The number of hydrogen-bond acceptors (Lipinski definition) is 5. The first kappa shape index (κ1) is 18.7. The molecule has 3 rings (SSSR count). The molecule has 0 saturated carbocycles. The number of anilines is 1. The third-order valence-corrected chi connectivity index (χ3v) is 5.36. The van der Waals surface area contributed by atoms with E-state index < -0.39 is 16.0 Å². The number of rotatable bonds is 5. The average molecular weight is 386 g/mol. The standard InChI is InChI=1S/C19H18N2O5S/c1-3-26-19(23)13-4-6-14(7-5-13)21-27(24,25)15-8-9-17-16(11-15)12(2)10-18(22)20-17/h4-11,21H,3H2,1-2H3,(H,20,22). The average Bonchev–Trinajstić information content (AvgIpc) is 2.61. The fraction of sp³-hybridized carbons (Fsp3) is 0.158. The molecular weight excluding hydrogens is 368 g/mol. The van der Waals surface area contributed by atoms with Crippen molar-refractivity contribution in [1.29, 1.82) is 0 Å². The minimum Gasteiger partial charge on any atom is -0.462 e. The molecule has 0 spiro atoms. The van der Waals surface area contributed by atoms with E-state index in [4.69, 9.17) is 4.74 Å². The summed E-state index contributed by atoms with van der Waals surface area (Å²) in [6.07, 6.45) is 0. The number of ether oxygens (including phenoxy) is 1. The molecule has 0 radical (unpaired) electrons. The predicted molar refractivity (Wildman–Crippen MR) is 103 cm³/mol. The Bertz CT molecular complexity index is 1160. The Kier molecular flexibility index (Phi) is 5.00. The van der Waals surface area contributed by atoms with Gasteiger partial charge in [-0.05, 0) is 61.9 Å². The van der Waals surface area contributed by atoms with E-state index in [9.17, 15) is 18.0 Å². The van der Waals surface area contributed by atoms with Crippen molar-refractivity contribution in [2.45, 2.75) is 18.7 Å². The maximum absolute atomic E-state index is 12.7. The van der Waals surface area contributed by atoms with Crippen LogP contribution in [0.4, 0.5) is 5.69 Å². The summed E-state index contributed by atoms with van der Waals surface area (Å²) in [5.41, 5.74) is 1.67. The highest BCUT2D eigenvalue weighted by Gasteiger charge is 2.16. The second-order valence-corrected chi connectivity index (χ2v) is 7.61. The minimum absolute atomic E-state index is 0.0691. The van der Waals surface area contributed by atoms with E-state index in [0.29, 0.717) is 27.7 Å². The van der Waals surface area contributed by atoms with Crippen molar-refractivity contribution in [2.75, 3.05) is 11.3 Å². The zero-order chi connectivity index (χ0) is 19.6. The molecule has 0 aliphatic carbocycles. The number of aromatic amines is 1. The highest BCUT2D eigenvalue weighted by Crippen LogP contribution is 2.22. The second kappa shape index (κ2) is 7.24. The Morgan fingerprint density at radius 3 is 2.48 bits per heavy atom. The van der Waals surface area contributed by atoms with Gasteiger partial charge in [0.15, 0.2) is 0 Å². The molecule has 8 heteroatoms. The molecule has 0 fully saturated rings. The normalized spacial score (nSPS) is 11.3. The molecule has 140 valence electrons. The van der Waals surface area contributed by atoms with Crippen LogP contribution in [0, 0.1) is 6.92 Å². The van der Waals surface area contributed by atoms with Gasteiger partial charge in [-0.1, -0.05) is 0 Å². The summed E-state index contributed by atoms with van der Waals surface area (Å²) in [6, 6.07) is 11.9. The van der Waals surface area contributed by atoms with Gasteiger partial charge in [-0.3, -0.25) is 9.52 Å². The number of aryl methyl sites for hydroxylation is 1. The van der Waals surface area contributed by atoms with Crippen LogP contribution in [0.1, 0.15) is 22.8 Å². The van der Waals surface area contributed by atoms with Gasteiger partial charge >= 0.3 is 5.97 Å². The highest BCUT2D eigenvalue weighted by atomic mass is 32.2. The zero-order valence-electron chi connectivity index (χ0n) is 14.8. The van der Waals surface area contributed by atoms with Crippen molar-refractivity contribution in [3.8, 4) is 0 Å². The van der Waals surface area contributed by atoms with Gasteiger partial charge in [-0.25, -0.2) is 13.2 Å². The Morgan fingerprint density at radius 1 is 1.11 bits per heavy atom. The van der Waals surface area contributed by atoms with Crippen LogP contribution < -0.4 is 10.3 Å². The molecule has 0 aliphatic rings. The van der Waals surface area contributed by atoms with Crippen molar-refractivity contribution in [3.05, 3.63) is 70.0 Å². The van der Waals surface area contributed by atoms with Gasteiger partial charge in [-0.2, -0.15) is 0 Å². The van der Waals surface area contributed by atoms with Crippen LogP contribution in [0.3, 0.4) is 0 Å². The van der Waals surface area contributed by atoms with Crippen LogP contribution in [0.2, 0.25) is 0 Å². The van der Waals surface area contributed by atoms with E-state index in [0.717, 1.165) is 0 Å². The number of nitrogens with one attached hydrogen (secondary N) is 2. The summed E-state index contributed by atoms with van der Waals surface area (Å²) >= 11 is 0. The van der Waals surface area contributed by atoms with E-state index in [1.807, 2.05) is 0 Å². The smallest absolute Gasteiger partial charge is 0.338 e. The van der Waals surface area contributed by atoms with Crippen LogP contribution in [0.25, 0.3) is 10.9 Å². The number of esters is 1. The first-order valence-corrected chi connectivity index (χ1v) is 9.72. The summed E-state index contributed by atoms with van der Waals surface area (Å²) < 4.78 is 32.7. The molecule has 0 amide bonds. The highest BCUT2D eigenvalue weighted by molar-refractivity contribution is 7.92. The van der Waals surface area contributed by atoms with Crippen molar-refractivity contribution in [1.82, 2.24) is 4.98 Å². The van der Waals surface area contributed by atoms with Crippen molar-refractivity contribution >= 4 is 32.6 Å². The number of benzene rings is 2. The predicted octanol–water partition coefficient (Wildman–Crippen LogP) is 2.81. The molecule has 2 aromatic carbocycles. The molecule has 27 heavy (non-hydrogen) atoms. The molecule has 3 aromatic rings. The van der Waals surface area contributed by atoms with E-state index in [2.05, 4.69) is 9.71 Å². The minimum atomic E-state index is -3.83. The molecule has 0 atom stereocenters. The molecule has 0 aliphatic heterocycles. The fourth-order valence-electron chi connectivity index (χ4n) is 2.67. The first-order valence-electron chi connectivity index (χ1n) is 8.24. The van der Waals surface area contributed by atoms with E-state index in [1.165, 1.54) is 42.5 Å². The Balaban J connectivity index is 1.89. The Morgan fingerprint density at radius 2 is 1.81 bits per heavy atom. The third-order valence-electron chi connectivity index (χ3n) is 3.98. The summed E-state index contributed by atoms with van der Waals surface area (Å²) in [7, 11) is -3.83. The molecular formula is C19H18N2O5S. The number of carbonyl (C=O) groups is 1. The van der Waals surface area contributed by atoms with Gasteiger partial charge in [-0.15, -0.1) is 0 Å². The van der Waals surface area contributed by atoms with E-state index in [1.54, 1.807) is 19.9 Å². The molecule has 0 unspecified atom stereocenters. The van der Waals surface area contributed by atoms with Crippen molar-refractivity contribution in [2.24, 2.45) is 0 Å². The lowest BCUT2D eigenvalue weighted by Crippen LogP contribution is -2.14. The number of fused-ring (bicyclic) bond motifs is 1. The fourth-order valence-corrected chi connectivity index (χ4v) is 3.76. The van der Waals surface area contributed by atoms with Crippen LogP contribution in [-0.4, -0.2) is 26.0 Å². The Hall–Kier alpha value is -3.13. The van der Waals surface area contributed by atoms with Gasteiger partial charge in [0.05, 0.1) is 17.1 Å². The summed E-state index contributed by atoms with van der Waals surface area (Å²) in [5.74, 6) is -0.467. The van der Waals surface area contributed by atoms with Gasteiger partial charge < -0.3 is 9.72 Å². The van der Waals surface area contributed by atoms with E-state index in [-0.39, 0.29) is 17.1 Å². The second-order valence-electron chi connectivity index (χ2n) is 5.93. The first-order chi connectivity index (χ1) is 12.8. The topological polar surface area (TPSA) is 105 Å². The van der Waals surface area contributed by atoms with Gasteiger partial charge in [0, 0.05) is 22.7 Å². The van der Waals surface area contributed by atoms with Gasteiger partial charge in [0.25, 0.3) is 10.0 Å². The van der Waals surface area contributed by atoms with Crippen LogP contribution in [0.15, 0.2) is 58.2 Å². The molecule has 1 heterocycles. The number of carbonyl (C=O) groups excluding carboxylic acids is 1. The Labute approximate surface area is 156 Å². The summed E-state index contributed by atoms with van der Waals surface area (Å²) in [6.45, 7) is 3.72. The lowest BCUT2D eigenvalue weighted by molar-refractivity contribution is 0.0526. The number of H-pyrrole nitrogens is 1. The van der Waals surface area contributed by atoms with Gasteiger partial charge in [0.2, 0.25) is 5.56 Å². The molecule has 0 bridgehead atoms. The molecule has 1 aromatic heterocycles. The number of pyridine rings is 1. The number of sulfonamides is 1. The quantitative estimate of drug-likeness (QED) is 0.656. The van der Waals surface area contributed by atoms with E-state index >= 15 is 0 Å². The monoisotopic (exact) mass is 386 g/mol. The summed E-state index contributed by atoms with van der Waals surface area (Å²) in [5, 5.41) is 0.648. The van der Waals surface area contributed by atoms with Crippen LogP contribution >= 0.6 is 0 Å². The zero-order valence-corrected chi connectivity index (χ0v) is 15.6. The van der Waals surface area contributed by atoms with Crippen LogP contribution in [-0.2, 0) is 14.8 Å². The lowest BCUT2D eigenvalue weighted by atomic mass is 10.1. The maximum atomic E-state index is 12.7. The largest absolute Gasteiger partial charge is 0.462 e.